The Kier molecular flexibility index (Phi) is 3.60. The molecule has 0 spiro atoms. The summed E-state index contributed by atoms with van der Waals surface area (Å²) < 4.78 is 5.66. The van der Waals surface area contributed by atoms with Crippen molar-refractivity contribution in [1.82, 2.24) is 5.32 Å². The SMILES string of the molecule is C=CC(C)OC1CCCNC1. The molecule has 1 heterocycles. The van der Waals surface area contributed by atoms with Gasteiger partial charge in [-0.25, -0.2) is 0 Å². The molecule has 0 aromatic carbocycles. The topological polar surface area (TPSA) is 21.3 Å². The van der Waals surface area contributed by atoms with E-state index >= 15 is 0 Å². The number of ether oxygens (including phenoxy) is 1. The summed E-state index contributed by atoms with van der Waals surface area (Å²) >= 11 is 0. The first-order chi connectivity index (χ1) is 5.33. The molecule has 1 rings (SSSR count). The summed E-state index contributed by atoms with van der Waals surface area (Å²) in [5.41, 5.74) is 0. The Morgan fingerprint density at radius 3 is 3.09 bits per heavy atom. The van der Waals surface area contributed by atoms with Gasteiger partial charge >= 0.3 is 0 Å². The van der Waals surface area contributed by atoms with E-state index in [2.05, 4.69) is 11.9 Å². The number of hydrogen-bond donors (Lipinski definition) is 1. The van der Waals surface area contributed by atoms with Gasteiger partial charge in [-0.1, -0.05) is 6.08 Å². The van der Waals surface area contributed by atoms with Gasteiger partial charge in [0, 0.05) is 6.54 Å². The molecule has 0 saturated carbocycles. The van der Waals surface area contributed by atoms with Crippen molar-refractivity contribution >= 4 is 0 Å². The van der Waals surface area contributed by atoms with Crippen LogP contribution in [0.15, 0.2) is 12.7 Å². The molecular formula is C9H17NO. The number of nitrogens with one attached hydrogen (secondary N) is 1. The average molecular weight is 155 g/mol. The van der Waals surface area contributed by atoms with Gasteiger partial charge in [-0.15, -0.1) is 6.58 Å². The molecule has 0 aromatic heterocycles. The predicted molar refractivity (Wildman–Crippen MR) is 46.6 cm³/mol. The highest BCUT2D eigenvalue weighted by molar-refractivity contribution is 4.78. The molecule has 0 bridgehead atoms. The molecule has 1 aliphatic rings. The van der Waals surface area contributed by atoms with Crippen LogP contribution in [0.25, 0.3) is 0 Å². The van der Waals surface area contributed by atoms with Crippen LogP contribution >= 0.6 is 0 Å². The maximum Gasteiger partial charge on any atom is 0.0729 e. The van der Waals surface area contributed by atoms with Crippen molar-refractivity contribution in [1.29, 1.82) is 0 Å². The zero-order chi connectivity index (χ0) is 8.10. The Morgan fingerprint density at radius 2 is 2.55 bits per heavy atom. The Morgan fingerprint density at radius 1 is 1.73 bits per heavy atom. The maximum atomic E-state index is 5.66. The van der Waals surface area contributed by atoms with E-state index in [1.807, 2.05) is 13.0 Å². The molecule has 0 amide bonds. The minimum absolute atomic E-state index is 0.194. The molecule has 64 valence electrons. The highest BCUT2D eigenvalue weighted by Gasteiger charge is 2.14. The third kappa shape index (κ3) is 3.04. The molecular weight excluding hydrogens is 138 g/mol. The third-order valence-electron chi connectivity index (χ3n) is 1.99. The zero-order valence-corrected chi connectivity index (χ0v) is 7.18. The van der Waals surface area contributed by atoms with Crippen LogP contribution in [0.5, 0.6) is 0 Å². The number of piperidine rings is 1. The molecule has 2 heteroatoms. The van der Waals surface area contributed by atoms with Crippen LogP contribution in [0.1, 0.15) is 19.8 Å². The smallest absolute Gasteiger partial charge is 0.0729 e. The summed E-state index contributed by atoms with van der Waals surface area (Å²) in [6.45, 7) is 7.85. The van der Waals surface area contributed by atoms with Crippen molar-refractivity contribution in [2.45, 2.75) is 32.0 Å². The lowest BCUT2D eigenvalue weighted by atomic mass is 10.1. The Labute approximate surface area is 68.6 Å². The summed E-state index contributed by atoms with van der Waals surface area (Å²) in [4.78, 5) is 0. The molecule has 1 fully saturated rings. The van der Waals surface area contributed by atoms with E-state index in [0.29, 0.717) is 6.10 Å². The van der Waals surface area contributed by atoms with Gasteiger partial charge in [-0.3, -0.25) is 0 Å². The van der Waals surface area contributed by atoms with E-state index in [0.717, 1.165) is 13.1 Å². The minimum Gasteiger partial charge on any atom is -0.370 e. The second kappa shape index (κ2) is 4.52. The van der Waals surface area contributed by atoms with Gasteiger partial charge < -0.3 is 10.1 Å². The van der Waals surface area contributed by atoms with Crippen LogP contribution < -0.4 is 5.32 Å². The lowest BCUT2D eigenvalue weighted by Crippen LogP contribution is -2.36. The zero-order valence-electron chi connectivity index (χ0n) is 7.18. The fourth-order valence-electron chi connectivity index (χ4n) is 1.30. The molecule has 0 aromatic rings. The lowest BCUT2D eigenvalue weighted by Gasteiger charge is -2.25. The maximum absolute atomic E-state index is 5.66. The van der Waals surface area contributed by atoms with E-state index in [1.54, 1.807) is 0 Å². The van der Waals surface area contributed by atoms with Crippen LogP contribution in [0.3, 0.4) is 0 Å². The lowest BCUT2D eigenvalue weighted by molar-refractivity contribution is 0.00939. The van der Waals surface area contributed by atoms with Crippen LogP contribution in [0.4, 0.5) is 0 Å². The van der Waals surface area contributed by atoms with Crippen LogP contribution in [-0.4, -0.2) is 25.3 Å². The van der Waals surface area contributed by atoms with Gasteiger partial charge in [-0.05, 0) is 26.3 Å². The quantitative estimate of drug-likeness (QED) is 0.621. The van der Waals surface area contributed by atoms with E-state index in [1.165, 1.54) is 12.8 Å². The van der Waals surface area contributed by atoms with Gasteiger partial charge in [-0.2, -0.15) is 0 Å². The highest BCUT2D eigenvalue weighted by atomic mass is 16.5. The van der Waals surface area contributed by atoms with Crippen LogP contribution in [0, 0.1) is 0 Å². The fraction of sp³-hybridized carbons (Fsp3) is 0.778. The normalized spacial score (nSPS) is 27.9. The Bertz CT molecular complexity index is 119. The largest absolute Gasteiger partial charge is 0.370 e. The first-order valence-electron chi connectivity index (χ1n) is 4.31. The Balaban J connectivity index is 2.18. The van der Waals surface area contributed by atoms with E-state index in [9.17, 15) is 0 Å². The second-order valence-electron chi connectivity index (χ2n) is 3.05. The molecule has 2 atom stereocenters. The van der Waals surface area contributed by atoms with Crippen LogP contribution in [0.2, 0.25) is 0 Å². The number of rotatable bonds is 3. The molecule has 1 aliphatic heterocycles. The van der Waals surface area contributed by atoms with Gasteiger partial charge in [0.1, 0.15) is 0 Å². The fourth-order valence-corrected chi connectivity index (χ4v) is 1.30. The molecule has 11 heavy (non-hydrogen) atoms. The molecule has 1 N–H and O–H groups in total. The molecule has 0 aliphatic carbocycles. The van der Waals surface area contributed by atoms with Crippen LogP contribution in [-0.2, 0) is 4.74 Å². The summed E-state index contributed by atoms with van der Waals surface area (Å²) in [5.74, 6) is 0. The van der Waals surface area contributed by atoms with E-state index < -0.39 is 0 Å². The van der Waals surface area contributed by atoms with Gasteiger partial charge in [0.15, 0.2) is 0 Å². The standard InChI is InChI=1S/C9H17NO/c1-3-8(2)11-9-5-4-6-10-7-9/h3,8-10H,1,4-7H2,2H3. The predicted octanol–water partition coefficient (Wildman–Crippen LogP) is 1.33. The Hall–Kier alpha value is -0.340. The summed E-state index contributed by atoms with van der Waals surface area (Å²) in [6.07, 6.45) is 4.85. The second-order valence-corrected chi connectivity index (χ2v) is 3.05. The minimum atomic E-state index is 0.194. The molecule has 0 radical (unpaired) electrons. The van der Waals surface area contributed by atoms with E-state index in [-0.39, 0.29) is 6.10 Å². The first-order valence-corrected chi connectivity index (χ1v) is 4.31. The monoisotopic (exact) mass is 155 g/mol. The van der Waals surface area contributed by atoms with Crippen molar-refractivity contribution in [2.24, 2.45) is 0 Å². The van der Waals surface area contributed by atoms with Crippen molar-refractivity contribution in [3.63, 3.8) is 0 Å². The first kappa shape index (κ1) is 8.75. The van der Waals surface area contributed by atoms with Gasteiger partial charge in [0.05, 0.1) is 12.2 Å². The molecule has 2 unspecified atom stereocenters. The van der Waals surface area contributed by atoms with Crippen molar-refractivity contribution in [3.05, 3.63) is 12.7 Å². The molecule has 2 nitrogen and oxygen atoms in total. The van der Waals surface area contributed by atoms with Gasteiger partial charge in [0.25, 0.3) is 0 Å². The third-order valence-corrected chi connectivity index (χ3v) is 1.99. The van der Waals surface area contributed by atoms with Crippen molar-refractivity contribution < 1.29 is 4.74 Å². The van der Waals surface area contributed by atoms with Gasteiger partial charge in [0.2, 0.25) is 0 Å². The molecule has 1 saturated heterocycles. The average Bonchev–Trinajstić information content (AvgIpc) is 2.06. The highest BCUT2D eigenvalue weighted by Crippen LogP contribution is 2.08. The summed E-state index contributed by atoms with van der Waals surface area (Å²) in [5, 5.41) is 3.30. The number of hydrogen-bond acceptors (Lipinski definition) is 2. The van der Waals surface area contributed by atoms with Crippen molar-refractivity contribution in [3.8, 4) is 0 Å². The van der Waals surface area contributed by atoms with Crippen molar-refractivity contribution in [2.75, 3.05) is 13.1 Å². The summed E-state index contributed by atoms with van der Waals surface area (Å²) in [7, 11) is 0. The van der Waals surface area contributed by atoms with E-state index in [4.69, 9.17) is 4.74 Å². The summed E-state index contributed by atoms with van der Waals surface area (Å²) in [6, 6.07) is 0.